The van der Waals surface area contributed by atoms with E-state index in [9.17, 15) is 4.39 Å². The van der Waals surface area contributed by atoms with Crippen LogP contribution in [0.5, 0.6) is 0 Å². The Morgan fingerprint density at radius 2 is 1.95 bits per heavy atom. The summed E-state index contributed by atoms with van der Waals surface area (Å²) in [7, 11) is 0. The van der Waals surface area contributed by atoms with Gasteiger partial charge in [0.05, 0.1) is 11.0 Å². The second-order valence-corrected chi connectivity index (χ2v) is 5.64. The summed E-state index contributed by atoms with van der Waals surface area (Å²) < 4.78 is 13.2. The van der Waals surface area contributed by atoms with Gasteiger partial charge in [-0.1, -0.05) is 30.7 Å². The Kier molecular flexibility index (Phi) is 3.93. The number of aromatic nitrogens is 2. The third-order valence-corrected chi connectivity index (χ3v) is 4.02. The van der Waals surface area contributed by atoms with E-state index in [1.165, 1.54) is 17.7 Å². The predicted molar refractivity (Wildman–Crippen MR) is 84.2 cm³/mol. The largest absolute Gasteiger partial charge is 0.342 e. The molecule has 0 saturated heterocycles. The summed E-state index contributed by atoms with van der Waals surface area (Å²) in [6.07, 6.45) is 1.81. The number of H-pyrrole nitrogens is 1. The minimum absolute atomic E-state index is 0.248. The summed E-state index contributed by atoms with van der Waals surface area (Å²) in [6, 6.07) is 12.5. The van der Waals surface area contributed by atoms with E-state index in [0.29, 0.717) is 5.92 Å². The fourth-order valence-corrected chi connectivity index (χ4v) is 2.72. The Bertz CT molecular complexity index is 749. The van der Waals surface area contributed by atoms with Crippen LogP contribution in [0.3, 0.4) is 0 Å². The van der Waals surface area contributed by atoms with E-state index in [0.717, 1.165) is 34.7 Å². The number of nitrogens with zero attached hydrogens (tertiary/aromatic N) is 1. The molecule has 0 bridgehead atoms. The lowest BCUT2D eigenvalue weighted by Crippen LogP contribution is -2.03. The fraction of sp³-hybridized carbons (Fsp3) is 0.235. The lowest BCUT2D eigenvalue weighted by atomic mass is 9.93. The van der Waals surface area contributed by atoms with Gasteiger partial charge >= 0.3 is 0 Å². The van der Waals surface area contributed by atoms with Crippen molar-refractivity contribution in [2.24, 2.45) is 0 Å². The molecule has 4 heteroatoms. The van der Waals surface area contributed by atoms with Crippen molar-refractivity contribution in [3.63, 3.8) is 0 Å². The fourth-order valence-electron chi connectivity index (χ4n) is 2.60. The van der Waals surface area contributed by atoms with Crippen LogP contribution in [0.25, 0.3) is 11.0 Å². The van der Waals surface area contributed by atoms with E-state index in [-0.39, 0.29) is 5.82 Å². The molecule has 1 N–H and O–H groups in total. The standard InChI is InChI=1S/C17H16ClFN2/c1-2-11(12-3-5-13(18)6-4-12)9-17-20-15-8-7-14(19)10-16(15)21-17/h3-8,10-11H,2,9H2,1H3,(H,20,21). The third kappa shape index (κ3) is 3.08. The molecule has 3 aromatic rings. The summed E-state index contributed by atoms with van der Waals surface area (Å²) in [5.74, 6) is 1.01. The van der Waals surface area contributed by atoms with Gasteiger partial charge in [-0.3, -0.25) is 0 Å². The predicted octanol–water partition coefficient (Wildman–Crippen LogP) is 5.09. The summed E-state index contributed by atoms with van der Waals surface area (Å²) >= 11 is 5.93. The molecule has 0 aliphatic rings. The molecule has 108 valence electrons. The zero-order valence-electron chi connectivity index (χ0n) is 11.7. The number of hydrogen-bond donors (Lipinski definition) is 1. The van der Waals surface area contributed by atoms with Crippen LogP contribution >= 0.6 is 11.6 Å². The molecule has 0 spiro atoms. The number of fused-ring (bicyclic) bond motifs is 1. The number of imidazole rings is 1. The summed E-state index contributed by atoms with van der Waals surface area (Å²) in [5.41, 5.74) is 2.79. The molecule has 3 rings (SSSR count). The Morgan fingerprint density at radius 3 is 2.67 bits per heavy atom. The molecule has 2 nitrogen and oxygen atoms in total. The van der Waals surface area contributed by atoms with Crippen molar-refractivity contribution in [1.29, 1.82) is 0 Å². The van der Waals surface area contributed by atoms with E-state index in [2.05, 4.69) is 29.0 Å². The maximum Gasteiger partial charge on any atom is 0.125 e. The van der Waals surface area contributed by atoms with Crippen LogP contribution in [-0.4, -0.2) is 9.97 Å². The molecule has 0 saturated carbocycles. The molecule has 2 aromatic carbocycles. The zero-order valence-corrected chi connectivity index (χ0v) is 12.5. The molecular weight excluding hydrogens is 287 g/mol. The van der Waals surface area contributed by atoms with Crippen molar-refractivity contribution < 1.29 is 4.39 Å². The number of aromatic amines is 1. The molecule has 21 heavy (non-hydrogen) atoms. The average Bonchev–Trinajstić information content (AvgIpc) is 2.87. The van der Waals surface area contributed by atoms with Gasteiger partial charge in [0, 0.05) is 11.4 Å². The SMILES string of the molecule is CCC(Cc1nc2ccc(F)cc2[nH]1)c1ccc(Cl)cc1. The zero-order chi connectivity index (χ0) is 14.8. The van der Waals surface area contributed by atoms with Crippen molar-refractivity contribution >= 4 is 22.6 Å². The van der Waals surface area contributed by atoms with Crippen LogP contribution in [0.15, 0.2) is 42.5 Å². The van der Waals surface area contributed by atoms with Crippen molar-refractivity contribution in [3.8, 4) is 0 Å². The van der Waals surface area contributed by atoms with Crippen molar-refractivity contribution in [1.82, 2.24) is 9.97 Å². The molecular formula is C17H16ClFN2. The maximum atomic E-state index is 13.2. The molecule has 0 radical (unpaired) electrons. The number of halogens is 2. The van der Waals surface area contributed by atoms with E-state index in [1.807, 2.05) is 12.1 Å². The first kappa shape index (κ1) is 14.1. The summed E-state index contributed by atoms with van der Waals surface area (Å²) in [6.45, 7) is 2.15. The number of nitrogens with one attached hydrogen (secondary N) is 1. The van der Waals surface area contributed by atoms with Gasteiger partial charge in [0.25, 0.3) is 0 Å². The van der Waals surface area contributed by atoms with Crippen LogP contribution in [0.2, 0.25) is 5.02 Å². The quantitative estimate of drug-likeness (QED) is 0.714. The minimum Gasteiger partial charge on any atom is -0.342 e. The number of benzene rings is 2. The second-order valence-electron chi connectivity index (χ2n) is 5.21. The lowest BCUT2D eigenvalue weighted by molar-refractivity contribution is 0.629. The van der Waals surface area contributed by atoms with Crippen LogP contribution in [0, 0.1) is 5.82 Å². The highest BCUT2D eigenvalue weighted by Crippen LogP contribution is 2.25. The third-order valence-electron chi connectivity index (χ3n) is 3.77. The van der Waals surface area contributed by atoms with Crippen LogP contribution in [0.4, 0.5) is 4.39 Å². The lowest BCUT2D eigenvalue weighted by Gasteiger charge is -2.13. The summed E-state index contributed by atoms with van der Waals surface area (Å²) in [5, 5.41) is 0.743. The van der Waals surface area contributed by atoms with Gasteiger partial charge in [0.15, 0.2) is 0 Å². The van der Waals surface area contributed by atoms with Crippen LogP contribution in [0.1, 0.15) is 30.7 Å². The van der Waals surface area contributed by atoms with Crippen LogP contribution in [-0.2, 0) is 6.42 Å². The highest BCUT2D eigenvalue weighted by molar-refractivity contribution is 6.30. The highest BCUT2D eigenvalue weighted by atomic mass is 35.5. The molecule has 0 fully saturated rings. The second kappa shape index (κ2) is 5.86. The summed E-state index contributed by atoms with van der Waals surface area (Å²) in [4.78, 5) is 7.74. The molecule has 0 amide bonds. The van der Waals surface area contributed by atoms with Crippen molar-refractivity contribution in [2.75, 3.05) is 0 Å². The Morgan fingerprint density at radius 1 is 1.19 bits per heavy atom. The molecule has 0 aliphatic carbocycles. The Hall–Kier alpha value is -1.87. The molecule has 1 unspecified atom stereocenters. The average molecular weight is 303 g/mol. The normalized spacial score (nSPS) is 12.7. The first-order valence-electron chi connectivity index (χ1n) is 7.05. The number of rotatable bonds is 4. The highest BCUT2D eigenvalue weighted by Gasteiger charge is 2.13. The van der Waals surface area contributed by atoms with Crippen molar-refractivity contribution in [2.45, 2.75) is 25.7 Å². The van der Waals surface area contributed by atoms with E-state index in [1.54, 1.807) is 6.07 Å². The smallest absolute Gasteiger partial charge is 0.125 e. The van der Waals surface area contributed by atoms with Gasteiger partial charge in [0.1, 0.15) is 11.6 Å². The molecule has 0 aliphatic heterocycles. The van der Waals surface area contributed by atoms with E-state index >= 15 is 0 Å². The van der Waals surface area contributed by atoms with Gasteiger partial charge in [-0.05, 0) is 48.2 Å². The van der Waals surface area contributed by atoms with Crippen LogP contribution < -0.4 is 0 Å². The first-order valence-corrected chi connectivity index (χ1v) is 7.43. The van der Waals surface area contributed by atoms with Gasteiger partial charge < -0.3 is 4.98 Å². The topological polar surface area (TPSA) is 28.7 Å². The molecule has 1 heterocycles. The van der Waals surface area contributed by atoms with Gasteiger partial charge in [-0.2, -0.15) is 0 Å². The Balaban J connectivity index is 1.86. The van der Waals surface area contributed by atoms with Gasteiger partial charge in [-0.25, -0.2) is 9.37 Å². The van der Waals surface area contributed by atoms with Gasteiger partial charge in [0.2, 0.25) is 0 Å². The number of hydrogen-bond acceptors (Lipinski definition) is 1. The van der Waals surface area contributed by atoms with E-state index in [4.69, 9.17) is 11.6 Å². The van der Waals surface area contributed by atoms with E-state index < -0.39 is 0 Å². The Labute approximate surface area is 128 Å². The monoisotopic (exact) mass is 302 g/mol. The van der Waals surface area contributed by atoms with Gasteiger partial charge in [-0.15, -0.1) is 0 Å². The maximum absolute atomic E-state index is 13.2. The minimum atomic E-state index is -0.248. The molecule has 1 aromatic heterocycles. The first-order chi connectivity index (χ1) is 10.2. The molecule has 1 atom stereocenters. The van der Waals surface area contributed by atoms with Crippen molar-refractivity contribution in [3.05, 3.63) is 64.7 Å².